The predicted octanol–water partition coefficient (Wildman–Crippen LogP) is 5.52. The molecule has 0 unspecified atom stereocenters. The summed E-state index contributed by atoms with van der Waals surface area (Å²) in [6, 6.07) is 13.1. The van der Waals surface area contributed by atoms with E-state index in [1.807, 2.05) is 50.2 Å². The van der Waals surface area contributed by atoms with Crippen molar-refractivity contribution in [3.8, 4) is 10.6 Å². The molecular weight excluding hydrogens is 400 g/mol. The van der Waals surface area contributed by atoms with Crippen molar-refractivity contribution < 1.29 is 18.7 Å². The van der Waals surface area contributed by atoms with Crippen LogP contribution in [0, 0.1) is 20.8 Å². The third kappa shape index (κ3) is 3.48. The molecule has 0 saturated heterocycles. The minimum absolute atomic E-state index is 0.176. The third-order valence-corrected chi connectivity index (χ3v) is 6.03. The molecule has 0 aliphatic rings. The number of hydrogen-bond acceptors (Lipinski definition) is 6. The van der Waals surface area contributed by atoms with Crippen molar-refractivity contribution in [1.29, 1.82) is 0 Å². The maximum atomic E-state index is 12.9. The highest BCUT2D eigenvalue weighted by atomic mass is 32.1. The molecule has 2 aromatic heterocycles. The molecule has 0 radical (unpaired) electrons. The maximum Gasteiger partial charge on any atom is 0.342 e. The number of benzene rings is 2. The van der Waals surface area contributed by atoms with Crippen LogP contribution in [0.5, 0.6) is 0 Å². The number of aromatic nitrogens is 1. The molecule has 1 N–H and O–H groups in total. The number of amides is 1. The predicted molar refractivity (Wildman–Crippen MR) is 117 cm³/mol. The highest BCUT2D eigenvalue weighted by Gasteiger charge is 2.29. The molecule has 2 aromatic carbocycles. The second-order valence-corrected chi connectivity index (χ2v) is 8.00. The zero-order chi connectivity index (χ0) is 21.4. The molecule has 152 valence electrons. The van der Waals surface area contributed by atoms with Crippen LogP contribution in [0.15, 0.2) is 46.9 Å². The molecule has 0 saturated carbocycles. The lowest BCUT2D eigenvalue weighted by Crippen LogP contribution is -2.12. The Bertz CT molecular complexity index is 1250. The number of fused-ring (bicyclic) bond motifs is 1. The first kappa shape index (κ1) is 19.8. The van der Waals surface area contributed by atoms with Crippen molar-refractivity contribution in [2.45, 2.75) is 20.8 Å². The minimum atomic E-state index is -0.544. The van der Waals surface area contributed by atoms with Crippen LogP contribution in [0.25, 0.3) is 20.8 Å². The molecule has 0 bridgehead atoms. The van der Waals surface area contributed by atoms with Gasteiger partial charge in [-0.15, -0.1) is 11.3 Å². The Balaban J connectivity index is 1.82. The summed E-state index contributed by atoms with van der Waals surface area (Å²) in [6.45, 7) is 5.60. The number of methoxy groups -OCH3 is 1. The van der Waals surface area contributed by atoms with Gasteiger partial charge in [-0.3, -0.25) is 10.1 Å². The first-order valence-electron chi connectivity index (χ1n) is 9.35. The quantitative estimate of drug-likeness (QED) is 0.440. The second-order valence-electron chi connectivity index (χ2n) is 6.97. The average Bonchev–Trinajstić information content (AvgIpc) is 3.29. The number of aryl methyl sites for hydroxylation is 3. The maximum absolute atomic E-state index is 12.9. The molecule has 4 aromatic rings. The van der Waals surface area contributed by atoms with Crippen LogP contribution >= 0.6 is 11.3 Å². The van der Waals surface area contributed by atoms with Crippen molar-refractivity contribution in [3.63, 3.8) is 0 Å². The van der Waals surface area contributed by atoms with E-state index >= 15 is 0 Å². The van der Waals surface area contributed by atoms with E-state index in [-0.39, 0.29) is 17.4 Å². The molecule has 0 aliphatic heterocycles. The van der Waals surface area contributed by atoms with Crippen molar-refractivity contribution in [2.24, 2.45) is 0 Å². The van der Waals surface area contributed by atoms with E-state index in [2.05, 4.69) is 10.3 Å². The van der Waals surface area contributed by atoms with Gasteiger partial charge in [0.25, 0.3) is 5.91 Å². The van der Waals surface area contributed by atoms with E-state index in [1.165, 1.54) is 18.4 Å². The number of para-hydroxylation sites is 1. The molecule has 2 heterocycles. The Morgan fingerprint density at radius 1 is 1.07 bits per heavy atom. The van der Waals surface area contributed by atoms with Crippen LogP contribution in [0.3, 0.4) is 0 Å². The summed E-state index contributed by atoms with van der Waals surface area (Å²) < 4.78 is 11.7. The lowest BCUT2D eigenvalue weighted by atomic mass is 10.1. The number of esters is 1. The van der Waals surface area contributed by atoms with E-state index in [0.717, 1.165) is 21.3 Å². The molecule has 6 nitrogen and oxygen atoms in total. The first-order valence-corrected chi connectivity index (χ1v) is 10.2. The van der Waals surface area contributed by atoms with Crippen LogP contribution in [-0.2, 0) is 4.74 Å². The summed E-state index contributed by atoms with van der Waals surface area (Å²) in [6.07, 6.45) is 0. The summed E-state index contributed by atoms with van der Waals surface area (Å²) in [5.41, 5.74) is 4.11. The molecule has 0 fully saturated rings. The summed E-state index contributed by atoms with van der Waals surface area (Å²) in [5, 5.41) is 3.38. The molecule has 7 heteroatoms. The molecule has 0 aliphatic carbocycles. The van der Waals surface area contributed by atoms with Crippen LogP contribution in [0.4, 0.5) is 5.88 Å². The first-order chi connectivity index (χ1) is 14.4. The van der Waals surface area contributed by atoms with Gasteiger partial charge in [0.1, 0.15) is 16.3 Å². The topological polar surface area (TPSA) is 81.4 Å². The number of furan rings is 1. The lowest BCUT2D eigenvalue weighted by Gasteiger charge is -2.07. The van der Waals surface area contributed by atoms with Crippen LogP contribution < -0.4 is 5.32 Å². The van der Waals surface area contributed by atoms with E-state index in [1.54, 1.807) is 13.0 Å². The average molecular weight is 420 g/mol. The summed E-state index contributed by atoms with van der Waals surface area (Å²) in [4.78, 5) is 30.0. The summed E-state index contributed by atoms with van der Waals surface area (Å²) in [7, 11) is 1.31. The fourth-order valence-electron chi connectivity index (χ4n) is 3.22. The summed E-state index contributed by atoms with van der Waals surface area (Å²) >= 11 is 1.42. The van der Waals surface area contributed by atoms with Crippen LogP contribution in [0.1, 0.15) is 37.6 Å². The van der Waals surface area contributed by atoms with Gasteiger partial charge in [0.15, 0.2) is 0 Å². The standard InChI is InChI=1S/C23H20N2O4S/c1-12-9-10-15(11-13(12)2)20(26)25-21-19(18(14(3)29-21)23(27)28-4)22-24-16-7-5-6-8-17(16)30-22/h5-11H,1-4H3,(H,25,26). The van der Waals surface area contributed by atoms with Gasteiger partial charge in [-0.25, -0.2) is 9.78 Å². The summed E-state index contributed by atoms with van der Waals surface area (Å²) in [5.74, 6) is -0.343. The third-order valence-electron chi connectivity index (χ3n) is 4.98. The molecule has 0 spiro atoms. The second kappa shape index (κ2) is 7.76. The monoisotopic (exact) mass is 420 g/mol. The zero-order valence-corrected chi connectivity index (χ0v) is 17.8. The van der Waals surface area contributed by atoms with Crippen LogP contribution in [0.2, 0.25) is 0 Å². The van der Waals surface area contributed by atoms with Gasteiger partial charge in [-0.2, -0.15) is 0 Å². The van der Waals surface area contributed by atoms with Gasteiger partial charge >= 0.3 is 5.97 Å². The Labute approximate surface area is 177 Å². The highest BCUT2D eigenvalue weighted by molar-refractivity contribution is 7.21. The molecule has 4 rings (SSSR count). The van der Waals surface area contributed by atoms with Crippen LogP contribution in [-0.4, -0.2) is 24.0 Å². The smallest absolute Gasteiger partial charge is 0.342 e. The van der Waals surface area contributed by atoms with Crippen molar-refractivity contribution >= 4 is 39.3 Å². The number of nitrogens with one attached hydrogen (secondary N) is 1. The van der Waals surface area contributed by atoms with Crippen molar-refractivity contribution in [3.05, 3.63) is 70.5 Å². The van der Waals surface area contributed by atoms with E-state index in [4.69, 9.17) is 9.15 Å². The number of thiazole rings is 1. The number of ether oxygens (including phenoxy) is 1. The normalized spacial score (nSPS) is 10.9. The van der Waals surface area contributed by atoms with E-state index in [9.17, 15) is 9.59 Å². The number of rotatable bonds is 4. The largest absolute Gasteiger partial charge is 0.465 e. The van der Waals surface area contributed by atoms with Crippen molar-refractivity contribution in [1.82, 2.24) is 4.98 Å². The Morgan fingerprint density at radius 3 is 2.53 bits per heavy atom. The van der Waals surface area contributed by atoms with Gasteiger partial charge in [0, 0.05) is 5.56 Å². The molecule has 0 atom stereocenters. The van der Waals surface area contributed by atoms with Gasteiger partial charge in [0.2, 0.25) is 5.88 Å². The number of anilines is 1. The highest BCUT2D eigenvalue weighted by Crippen LogP contribution is 2.40. The van der Waals surface area contributed by atoms with Crippen molar-refractivity contribution in [2.75, 3.05) is 12.4 Å². The number of hydrogen-bond donors (Lipinski definition) is 1. The molecular formula is C23H20N2O4S. The van der Waals surface area contributed by atoms with Gasteiger partial charge in [0.05, 0.1) is 22.9 Å². The Morgan fingerprint density at radius 2 is 1.83 bits per heavy atom. The number of carbonyl (C=O) groups is 2. The zero-order valence-electron chi connectivity index (χ0n) is 17.0. The molecule has 1 amide bonds. The molecule has 30 heavy (non-hydrogen) atoms. The van der Waals surface area contributed by atoms with E-state index in [0.29, 0.717) is 21.9 Å². The Kier molecular flexibility index (Phi) is 5.13. The fourth-order valence-corrected chi connectivity index (χ4v) is 4.24. The van der Waals surface area contributed by atoms with Gasteiger partial charge in [-0.05, 0) is 56.2 Å². The van der Waals surface area contributed by atoms with Gasteiger partial charge < -0.3 is 9.15 Å². The fraction of sp³-hybridized carbons (Fsp3) is 0.174. The number of carbonyl (C=O) groups excluding carboxylic acids is 2. The SMILES string of the molecule is COC(=O)c1c(C)oc(NC(=O)c2ccc(C)c(C)c2)c1-c1nc2ccccc2s1. The minimum Gasteiger partial charge on any atom is -0.465 e. The Hall–Kier alpha value is -3.45. The van der Waals surface area contributed by atoms with E-state index < -0.39 is 5.97 Å². The lowest BCUT2D eigenvalue weighted by molar-refractivity contribution is 0.0599. The van der Waals surface area contributed by atoms with Gasteiger partial charge in [-0.1, -0.05) is 18.2 Å². The number of nitrogens with zero attached hydrogens (tertiary/aromatic N) is 1.